The number of nitrogens with zero attached hydrogens (tertiary/aromatic N) is 1. The lowest BCUT2D eigenvalue weighted by Crippen LogP contribution is -2.01. The Labute approximate surface area is 84.0 Å². The van der Waals surface area contributed by atoms with Gasteiger partial charge in [0.05, 0.1) is 6.07 Å². The summed E-state index contributed by atoms with van der Waals surface area (Å²) >= 11 is 5.75. The third-order valence-electron chi connectivity index (χ3n) is 2.07. The van der Waals surface area contributed by atoms with Gasteiger partial charge in [0, 0.05) is 0 Å². The normalized spacial score (nSPS) is 14.5. The summed E-state index contributed by atoms with van der Waals surface area (Å²) in [5, 5.41) is 8.17. The monoisotopic (exact) mass is 193 g/mol. The van der Waals surface area contributed by atoms with Gasteiger partial charge in [-0.3, -0.25) is 0 Å². The van der Waals surface area contributed by atoms with Crippen LogP contribution in [0.2, 0.25) is 0 Å². The molecule has 0 saturated heterocycles. The molecule has 0 N–H and O–H groups in total. The van der Waals surface area contributed by atoms with Crippen molar-refractivity contribution in [3.8, 4) is 6.07 Å². The Morgan fingerprint density at radius 2 is 2.00 bits per heavy atom. The number of alkyl halides is 1. The zero-order valence-corrected chi connectivity index (χ0v) is 8.33. The first-order valence-electron chi connectivity index (χ1n) is 4.32. The highest BCUT2D eigenvalue weighted by Gasteiger charge is 2.10. The van der Waals surface area contributed by atoms with Gasteiger partial charge in [-0.15, -0.1) is 11.6 Å². The lowest BCUT2D eigenvalue weighted by atomic mass is 9.96. The van der Waals surface area contributed by atoms with Crippen LogP contribution < -0.4 is 0 Å². The Morgan fingerprint density at radius 3 is 2.54 bits per heavy atom. The van der Waals surface area contributed by atoms with Crippen molar-refractivity contribution >= 4 is 11.6 Å². The fraction of sp³-hybridized carbons (Fsp3) is 0.364. The maximum atomic E-state index is 8.55. The standard InChI is InChI=1S/C11H12ClN/c1-9(7-11(12)8-13)10-5-3-2-4-6-10/h2-6,9,11H,7H2,1H3. The molecule has 0 heterocycles. The van der Waals surface area contributed by atoms with Gasteiger partial charge in [0.15, 0.2) is 0 Å². The Balaban J connectivity index is 2.60. The topological polar surface area (TPSA) is 23.8 Å². The van der Waals surface area contributed by atoms with Gasteiger partial charge in [0.1, 0.15) is 5.38 Å². The molecular weight excluding hydrogens is 182 g/mol. The van der Waals surface area contributed by atoms with Crippen molar-refractivity contribution in [2.24, 2.45) is 0 Å². The molecule has 0 aromatic heterocycles. The van der Waals surface area contributed by atoms with Gasteiger partial charge in [-0.25, -0.2) is 0 Å². The fourth-order valence-corrected chi connectivity index (χ4v) is 1.55. The SMILES string of the molecule is CC(CC(Cl)C#N)c1ccccc1. The summed E-state index contributed by atoms with van der Waals surface area (Å²) in [7, 11) is 0. The van der Waals surface area contributed by atoms with Crippen LogP contribution in [-0.4, -0.2) is 5.38 Å². The second-order valence-electron chi connectivity index (χ2n) is 3.14. The van der Waals surface area contributed by atoms with Gasteiger partial charge in [-0.1, -0.05) is 37.3 Å². The molecule has 0 radical (unpaired) electrons. The van der Waals surface area contributed by atoms with E-state index in [-0.39, 0.29) is 5.38 Å². The van der Waals surface area contributed by atoms with E-state index in [0.717, 1.165) is 0 Å². The van der Waals surface area contributed by atoms with Crippen molar-refractivity contribution in [1.82, 2.24) is 0 Å². The van der Waals surface area contributed by atoms with Crippen molar-refractivity contribution in [2.45, 2.75) is 24.6 Å². The van der Waals surface area contributed by atoms with Crippen molar-refractivity contribution in [2.75, 3.05) is 0 Å². The second kappa shape index (κ2) is 4.89. The first-order chi connectivity index (χ1) is 6.24. The molecule has 0 saturated carbocycles. The molecule has 2 unspecified atom stereocenters. The minimum atomic E-state index is -0.379. The molecule has 2 atom stereocenters. The first kappa shape index (κ1) is 10.1. The zero-order chi connectivity index (χ0) is 9.68. The molecule has 1 rings (SSSR count). The van der Waals surface area contributed by atoms with Crippen molar-refractivity contribution in [1.29, 1.82) is 5.26 Å². The van der Waals surface area contributed by atoms with E-state index in [1.807, 2.05) is 24.3 Å². The average Bonchev–Trinajstić information content (AvgIpc) is 2.19. The maximum Gasteiger partial charge on any atom is 0.121 e. The highest BCUT2D eigenvalue weighted by Crippen LogP contribution is 2.21. The lowest BCUT2D eigenvalue weighted by Gasteiger charge is -2.11. The molecule has 0 aliphatic carbocycles. The number of hydrogen-bond acceptors (Lipinski definition) is 1. The number of hydrogen-bond donors (Lipinski definition) is 0. The lowest BCUT2D eigenvalue weighted by molar-refractivity contribution is 0.700. The van der Waals surface area contributed by atoms with Gasteiger partial charge in [-0.05, 0) is 17.9 Å². The summed E-state index contributed by atoms with van der Waals surface area (Å²) in [6, 6.07) is 12.1. The molecule has 1 nitrogen and oxygen atoms in total. The maximum absolute atomic E-state index is 8.55. The Kier molecular flexibility index (Phi) is 3.79. The van der Waals surface area contributed by atoms with Gasteiger partial charge in [-0.2, -0.15) is 5.26 Å². The Bertz CT molecular complexity index is 289. The molecule has 2 heteroatoms. The van der Waals surface area contributed by atoms with E-state index in [2.05, 4.69) is 19.1 Å². The molecule has 0 amide bonds. The molecule has 0 fully saturated rings. The number of benzene rings is 1. The van der Waals surface area contributed by atoms with Gasteiger partial charge in [0.25, 0.3) is 0 Å². The van der Waals surface area contributed by atoms with Gasteiger partial charge >= 0.3 is 0 Å². The molecule has 1 aromatic carbocycles. The average molecular weight is 194 g/mol. The van der Waals surface area contributed by atoms with Gasteiger partial charge < -0.3 is 0 Å². The van der Waals surface area contributed by atoms with E-state index in [9.17, 15) is 0 Å². The molecule has 0 aliphatic heterocycles. The van der Waals surface area contributed by atoms with Crippen LogP contribution in [0.1, 0.15) is 24.8 Å². The number of rotatable bonds is 3. The summed E-state index contributed by atoms with van der Waals surface area (Å²) in [6.45, 7) is 2.09. The summed E-state index contributed by atoms with van der Waals surface area (Å²) in [6.07, 6.45) is 0.710. The van der Waals surface area contributed by atoms with E-state index in [4.69, 9.17) is 16.9 Å². The summed E-state index contributed by atoms with van der Waals surface area (Å²) in [4.78, 5) is 0. The van der Waals surface area contributed by atoms with E-state index in [0.29, 0.717) is 12.3 Å². The van der Waals surface area contributed by atoms with Crippen LogP contribution in [0.3, 0.4) is 0 Å². The zero-order valence-electron chi connectivity index (χ0n) is 7.57. The quantitative estimate of drug-likeness (QED) is 0.676. The van der Waals surface area contributed by atoms with Crippen LogP contribution in [0.5, 0.6) is 0 Å². The van der Waals surface area contributed by atoms with Crippen LogP contribution in [0.4, 0.5) is 0 Å². The Hall–Kier alpha value is -1.00. The molecule has 0 bridgehead atoms. The summed E-state index contributed by atoms with van der Waals surface area (Å²) in [5.74, 6) is 0.350. The molecule has 13 heavy (non-hydrogen) atoms. The van der Waals surface area contributed by atoms with Gasteiger partial charge in [0.2, 0.25) is 0 Å². The fourth-order valence-electron chi connectivity index (χ4n) is 1.28. The number of nitriles is 1. The minimum absolute atomic E-state index is 0.350. The predicted molar refractivity (Wildman–Crippen MR) is 54.7 cm³/mol. The summed E-state index contributed by atoms with van der Waals surface area (Å²) in [5.41, 5.74) is 1.24. The third-order valence-corrected chi connectivity index (χ3v) is 2.34. The highest BCUT2D eigenvalue weighted by molar-refractivity contribution is 6.22. The van der Waals surface area contributed by atoms with Crippen molar-refractivity contribution in [3.05, 3.63) is 35.9 Å². The smallest absolute Gasteiger partial charge is 0.121 e. The van der Waals surface area contributed by atoms with Crippen LogP contribution in [0.15, 0.2) is 30.3 Å². The number of halogens is 1. The second-order valence-corrected chi connectivity index (χ2v) is 3.67. The first-order valence-corrected chi connectivity index (χ1v) is 4.76. The predicted octanol–water partition coefficient (Wildman–Crippen LogP) is 3.31. The molecule has 0 spiro atoms. The third kappa shape index (κ3) is 3.08. The molecule has 0 aliphatic rings. The molecular formula is C11H12ClN. The minimum Gasteiger partial charge on any atom is -0.197 e. The van der Waals surface area contributed by atoms with Crippen LogP contribution in [-0.2, 0) is 0 Å². The highest BCUT2D eigenvalue weighted by atomic mass is 35.5. The van der Waals surface area contributed by atoms with Crippen molar-refractivity contribution in [3.63, 3.8) is 0 Å². The van der Waals surface area contributed by atoms with Crippen LogP contribution in [0, 0.1) is 11.3 Å². The van der Waals surface area contributed by atoms with Crippen LogP contribution >= 0.6 is 11.6 Å². The largest absolute Gasteiger partial charge is 0.197 e. The summed E-state index contributed by atoms with van der Waals surface area (Å²) < 4.78 is 0. The van der Waals surface area contributed by atoms with E-state index in [1.165, 1.54) is 5.56 Å². The molecule has 68 valence electrons. The van der Waals surface area contributed by atoms with Crippen LogP contribution in [0.25, 0.3) is 0 Å². The Morgan fingerprint density at radius 1 is 1.38 bits per heavy atom. The van der Waals surface area contributed by atoms with E-state index < -0.39 is 0 Å². The van der Waals surface area contributed by atoms with E-state index >= 15 is 0 Å². The van der Waals surface area contributed by atoms with Crippen molar-refractivity contribution < 1.29 is 0 Å². The van der Waals surface area contributed by atoms with E-state index in [1.54, 1.807) is 0 Å². The molecule has 1 aromatic rings.